The number of aryl methyl sites for hydroxylation is 3. The number of fused-ring (bicyclic) bond motifs is 1. The Hall–Kier alpha value is -1.93. The quantitative estimate of drug-likeness (QED) is 0.877. The van der Waals surface area contributed by atoms with Gasteiger partial charge in [-0.1, -0.05) is 0 Å². The summed E-state index contributed by atoms with van der Waals surface area (Å²) in [6.07, 6.45) is 2.98. The summed E-state index contributed by atoms with van der Waals surface area (Å²) in [5, 5.41) is 12.4. The van der Waals surface area contributed by atoms with Gasteiger partial charge < -0.3 is 5.32 Å². The van der Waals surface area contributed by atoms with Gasteiger partial charge in [-0.25, -0.2) is 9.37 Å². The average Bonchev–Trinajstić information content (AvgIpc) is 2.91. The number of hydrogen-bond donors (Lipinski definition) is 1. The first-order chi connectivity index (χ1) is 10.1. The third-order valence-corrected chi connectivity index (χ3v) is 4.30. The Morgan fingerprint density at radius 1 is 1.33 bits per heavy atom. The zero-order chi connectivity index (χ0) is 15.0. The lowest BCUT2D eigenvalue weighted by atomic mass is 10.1. The van der Waals surface area contributed by atoms with Crippen molar-refractivity contribution in [2.24, 2.45) is 0 Å². The summed E-state index contributed by atoms with van der Waals surface area (Å²) in [7, 11) is 0. The highest BCUT2D eigenvalue weighted by molar-refractivity contribution is 9.10. The molecule has 1 aliphatic carbocycles. The Bertz CT molecular complexity index is 765. The Morgan fingerprint density at radius 3 is 2.90 bits per heavy atom. The molecule has 0 saturated carbocycles. The van der Waals surface area contributed by atoms with Gasteiger partial charge in [0.25, 0.3) is 0 Å². The van der Waals surface area contributed by atoms with Crippen molar-refractivity contribution in [3.63, 3.8) is 0 Å². The number of halogens is 2. The summed E-state index contributed by atoms with van der Waals surface area (Å²) in [6, 6.07) is 7.17. The van der Waals surface area contributed by atoms with Gasteiger partial charge in [-0.2, -0.15) is 5.26 Å². The molecule has 0 unspecified atom stereocenters. The maximum atomic E-state index is 13.7. The molecule has 1 aromatic carbocycles. The summed E-state index contributed by atoms with van der Waals surface area (Å²) in [6.45, 7) is 1.88. The number of nitriles is 1. The predicted octanol–water partition coefficient (Wildman–Crippen LogP) is 4.40. The van der Waals surface area contributed by atoms with Crippen molar-refractivity contribution in [1.29, 1.82) is 5.26 Å². The highest BCUT2D eigenvalue weighted by Crippen LogP contribution is 2.30. The zero-order valence-electron chi connectivity index (χ0n) is 11.5. The van der Waals surface area contributed by atoms with Crippen molar-refractivity contribution in [3.05, 3.63) is 50.9 Å². The molecule has 0 spiro atoms. The van der Waals surface area contributed by atoms with Crippen LogP contribution in [0.1, 0.15) is 28.8 Å². The Balaban J connectivity index is 2.02. The Kier molecular flexibility index (Phi) is 3.64. The lowest BCUT2D eigenvalue weighted by Crippen LogP contribution is -2.02. The fourth-order valence-electron chi connectivity index (χ4n) is 2.56. The van der Waals surface area contributed by atoms with Crippen molar-refractivity contribution in [1.82, 2.24) is 4.98 Å². The SMILES string of the molecule is Cc1cc(Br)c(F)cc1Nc1nc2c(cc1C#N)CCC2. The molecule has 1 N–H and O–H groups in total. The van der Waals surface area contributed by atoms with Crippen LogP contribution in [0.25, 0.3) is 0 Å². The van der Waals surface area contributed by atoms with Crippen LogP contribution in [0.5, 0.6) is 0 Å². The minimum absolute atomic E-state index is 0.345. The van der Waals surface area contributed by atoms with Crippen LogP contribution in [0.4, 0.5) is 15.9 Å². The van der Waals surface area contributed by atoms with Crippen molar-refractivity contribution >= 4 is 27.4 Å². The number of anilines is 2. The normalized spacial score (nSPS) is 12.9. The van der Waals surface area contributed by atoms with E-state index in [0.29, 0.717) is 21.5 Å². The van der Waals surface area contributed by atoms with Crippen LogP contribution in [0.15, 0.2) is 22.7 Å². The molecule has 0 saturated heterocycles. The summed E-state index contributed by atoms with van der Waals surface area (Å²) >= 11 is 3.16. The average molecular weight is 346 g/mol. The number of rotatable bonds is 2. The van der Waals surface area contributed by atoms with Crippen LogP contribution >= 0.6 is 15.9 Å². The smallest absolute Gasteiger partial charge is 0.148 e. The Labute approximate surface area is 131 Å². The van der Waals surface area contributed by atoms with Crippen LogP contribution in [-0.2, 0) is 12.8 Å². The topological polar surface area (TPSA) is 48.7 Å². The van der Waals surface area contributed by atoms with Gasteiger partial charge in [0, 0.05) is 11.4 Å². The molecule has 0 amide bonds. The molecule has 106 valence electrons. The molecular weight excluding hydrogens is 333 g/mol. The molecule has 3 rings (SSSR count). The van der Waals surface area contributed by atoms with Crippen molar-refractivity contribution in [2.45, 2.75) is 26.2 Å². The molecule has 0 fully saturated rings. The molecule has 1 heterocycles. The van der Waals surface area contributed by atoms with Gasteiger partial charge in [0.15, 0.2) is 0 Å². The summed E-state index contributed by atoms with van der Waals surface area (Å²) in [5.41, 5.74) is 4.19. The van der Waals surface area contributed by atoms with Gasteiger partial charge in [-0.15, -0.1) is 0 Å². The molecule has 21 heavy (non-hydrogen) atoms. The predicted molar refractivity (Wildman–Crippen MR) is 83.1 cm³/mol. The van der Waals surface area contributed by atoms with Crippen LogP contribution in [0.2, 0.25) is 0 Å². The highest BCUT2D eigenvalue weighted by Gasteiger charge is 2.17. The minimum Gasteiger partial charge on any atom is -0.339 e. The largest absolute Gasteiger partial charge is 0.339 e. The first-order valence-corrected chi connectivity index (χ1v) is 7.53. The van der Waals surface area contributed by atoms with Crippen molar-refractivity contribution < 1.29 is 4.39 Å². The summed E-state index contributed by atoms with van der Waals surface area (Å²) in [4.78, 5) is 4.54. The third kappa shape index (κ3) is 2.64. The van der Waals surface area contributed by atoms with E-state index in [1.807, 2.05) is 13.0 Å². The standard InChI is InChI=1S/C16H13BrFN3/c1-9-5-12(17)13(18)7-15(9)21-16-11(8-19)6-10-3-2-4-14(10)20-16/h5-7H,2-4H2,1H3,(H,20,21). The van der Waals surface area contributed by atoms with Gasteiger partial charge in [0.1, 0.15) is 17.7 Å². The fraction of sp³-hybridized carbons (Fsp3) is 0.250. The van der Waals surface area contributed by atoms with E-state index in [4.69, 9.17) is 0 Å². The number of benzene rings is 1. The van der Waals surface area contributed by atoms with Crippen molar-refractivity contribution in [3.8, 4) is 6.07 Å². The monoisotopic (exact) mass is 345 g/mol. The van der Waals surface area contributed by atoms with Crippen LogP contribution < -0.4 is 5.32 Å². The molecule has 0 bridgehead atoms. The number of hydrogen-bond acceptors (Lipinski definition) is 3. The fourth-order valence-corrected chi connectivity index (χ4v) is 3.02. The Morgan fingerprint density at radius 2 is 2.14 bits per heavy atom. The first kappa shape index (κ1) is 14.0. The number of aromatic nitrogens is 1. The summed E-state index contributed by atoms with van der Waals surface area (Å²) in [5.74, 6) is 0.158. The van der Waals surface area contributed by atoms with Gasteiger partial charge in [-0.05, 0) is 71.4 Å². The van der Waals surface area contributed by atoms with Gasteiger partial charge in [0.2, 0.25) is 0 Å². The maximum Gasteiger partial charge on any atom is 0.148 e. The zero-order valence-corrected chi connectivity index (χ0v) is 13.1. The van der Waals surface area contributed by atoms with E-state index in [-0.39, 0.29) is 5.82 Å². The van der Waals surface area contributed by atoms with Gasteiger partial charge in [-0.3, -0.25) is 0 Å². The molecule has 5 heteroatoms. The first-order valence-electron chi connectivity index (χ1n) is 6.74. The number of nitrogens with zero attached hydrogens (tertiary/aromatic N) is 2. The second-order valence-corrected chi connectivity index (χ2v) is 6.02. The van der Waals surface area contributed by atoms with E-state index in [2.05, 4.69) is 32.3 Å². The van der Waals surface area contributed by atoms with Crippen molar-refractivity contribution in [2.75, 3.05) is 5.32 Å². The summed E-state index contributed by atoms with van der Waals surface area (Å²) < 4.78 is 14.1. The number of nitrogens with one attached hydrogen (secondary N) is 1. The molecular formula is C16H13BrFN3. The van der Waals surface area contributed by atoms with E-state index in [1.54, 1.807) is 6.07 Å². The van der Waals surface area contributed by atoms with Crippen LogP contribution in [-0.4, -0.2) is 4.98 Å². The van der Waals surface area contributed by atoms with E-state index in [9.17, 15) is 9.65 Å². The van der Waals surface area contributed by atoms with Gasteiger partial charge >= 0.3 is 0 Å². The van der Waals surface area contributed by atoms with E-state index in [0.717, 1.165) is 36.1 Å². The molecule has 1 aromatic heterocycles. The number of pyridine rings is 1. The molecule has 1 aliphatic rings. The molecule has 2 aromatic rings. The maximum absolute atomic E-state index is 13.7. The van der Waals surface area contributed by atoms with E-state index < -0.39 is 0 Å². The molecule has 0 radical (unpaired) electrons. The van der Waals surface area contributed by atoms with Crippen LogP contribution in [0, 0.1) is 24.1 Å². The highest BCUT2D eigenvalue weighted by atomic mass is 79.9. The minimum atomic E-state index is -0.345. The van der Waals surface area contributed by atoms with Crippen LogP contribution in [0.3, 0.4) is 0 Å². The van der Waals surface area contributed by atoms with E-state index in [1.165, 1.54) is 6.07 Å². The third-order valence-electron chi connectivity index (χ3n) is 3.69. The molecule has 0 atom stereocenters. The molecule has 3 nitrogen and oxygen atoms in total. The molecule has 0 aliphatic heterocycles. The van der Waals surface area contributed by atoms with Gasteiger partial charge in [0.05, 0.1) is 10.0 Å². The second-order valence-electron chi connectivity index (χ2n) is 5.16. The lowest BCUT2D eigenvalue weighted by molar-refractivity contribution is 0.621. The lowest BCUT2D eigenvalue weighted by Gasteiger charge is -2.12. The second kappa shape index (κ2) is 5.45. The van der Waals surface area contributed by atoms with E-state index >= 15 is 0 Å².